The second kappa shape index (κ2) is 9.58. The zero-order chi connectivity index (χ0) is 24.5. The van der Waals surface area contributed by atoms with Gasteiger partial charge in [0.15, 0.2) is 16.6 Å². The van der Waals surface area contributed by atoms with Gasteiger partial charge in [0, 0.05) is 38.3 Å². The van der Waals surface area contributed by atoms with E-state index in [1.807, 2.05) is 35.5 Å². The number of aryl methyl sites for hydroxylation is 1. The Morgan fingerprint density at radius 1 is 1.26 bits per heavy atom. The summed E-state index contributed by atoms with van der Waals surface area (Å²) in [6, 6.07) is 12.1. The van der Waals surface area contributed by atoms with Gasteiger partial charge in [-0.1, -0.05) is 18.3 Å². The fraction of sp³-hybridized carbons (Fsp3) is 0.333. The molecule has 35 heavy (non-hydrogen) atoms. The van der Waals surface area contributed by atoms with Crippen LogP contribution in [-0.2, 0) is 6.42 Å². The Labute approximate surface area is 206 Å². The van der Waals surface area contributed by atoms with Gasteiger partial charge < -0.3 is 20.2 Å². The molecule has 9 nitrogen and oxygen atoms in total. The number of halogens is 1. The number of nitrogens with zero attached hydrogens (tertiary/aromatic N) is 7. The van der Waals surface area contributed by atoms with E-state index in [1.165, 1.54) is 23.5 Å². The number of hydrogen-bond acceptors (Lipinski definition) is 9. The molecule has 1 atom stereocenters. The molecule has 0 amide bonds. The average molecular weight is 493 g/mol. The first-order chi connectivity index (χ1) is 17.0. The predicted molar refractivity (Wildman–Crippen MR) is 134 cm³/mol. The summed E-state index contributed by atoms with van der Waals surface area (Å²) in [6.07, 6.45) is 0.694. The molecule has 1 aliphatic rings. The van der Waals surface area contributed by atoms with Gasteiger partial charge >= 0.3 is 0 Å². The van der Waals surface area contributed by atoms with E-state index in [0.717, 1.165) is 36.1 Å². The van der Waals surface area contributed by atoms with E-state index in [-0.39, 0.29) is 18.5 Å². The van der Waals surface area contributed by atoms with E-state index in [0.29, 0.717) is 34.2 Å². The third-order valence-corrected chi connectivity index (χ3v) is 7.12. The van der Waals surface area contributed by atoms with Gasteiger partial charge in [0.2, 0.25) is 0 Å². The lowest BCUT2D eigenvalue weighted by Gasteiger charge is -2.33. The highest BCUT2D eigenvalue weighted by atomic mass is 32.1. The number of aliphatic hydroxyl groups is 1. The van der Waals surface area contributed by atoms with Crippen LogP contribution in [0.25, 0.3) is 16.9 Å². The van der Waals surface area contributed by atoms with Gasteiger partial charge in [0.25, 0.3) is 0 Å². The average Bonchev–Trinajstić information content (AvgIpc) is 3.50. The second-order valence-electron chi connectivity index (χ2n) is 8.33. The Balaban J connectivity index is 1.56. The molecule has 4 aromatic rings. The zero-order valence-electron chi connectivity index (χ0n) is 19.4. The van der Waals surface area contributed by atoms with Crippen LogP contribution in [0.1, 0.15) is 17.5 Å². The number of piperazine rings is 1. The molecule has 1 unspecified atom stereocenters. The monoisotopic (exact) mass is 492 g/mol. The standard InChI is InChI=1S/C24H25FN8OS/c1-3-18-23(31(2)24-29-22(19(12-26)35-24)15-4-6-16(25)7-5-15)33-20(28-18)8-9-21(30-33)32-11-10-27-17(13-32)14-34/h4-9,17,27,34H,3,10-11,13-14H2,1-2H3. The fourth-order valence-electron chi connectivity index (χ4n) is 4.28. The van der Waals surface area contributed by atoms with E-state index in [1.54, 1.807) is 12.1 Å². The maximum absolute atomic E-state index is 13.4. The number of rotatable bonds is 6. The predicted octanol–water partition coefficient (Wildman–Crippen LogP) is 2.96. The van der Waals surface area contributed by atoms with Crippen molar-refractivity contribution in [2.75, 3.05) is 43.1 Å². The first kappa shape index (κ1) is 23.2. The molecule has 180 valence electrons. The van der Waals surface area contributed by atoms with Crippen LogP contribution in [-0.4, -0.2) is 64.0 Å². The minimum atomic E-state index is -0.338. The summed E-state index contributed by atoms with van der Waals surface area (Å²) in [5.74, 6) is 1.24. The topological polar surface area (TPSA) is 106 Å². The van der Waals surface area contributed by atoms with Gasteiger partial charge in [-0.05, 0) is 42.8 Å². The maximum atomic E-state index is 13.4. The molecule has 4 heterocycles. The van der Waals surface area contributed by atoms with E-state index in [2.05, 4.69) is 16.3 Å². The molecule has 0 radical (unpaired) electrons. The van der Waals surface area contributed by atoms with Crippen LogP contribution in [0.2, 0.25) is 0 Å². The van der Waals surface area contributed by atoms with Gasteiger partial charge in [-0.3, -0.25) is 0 Å². The SMILES string of the molecule is CCc1nc2ccc(N3CCNC(CO)C3)nn2c1N(C)c1nc(-c2ccc(F)cc2)c(C#N)s1. The first-order valence-electron chi connectivity index (χ1n) is 11.4. The molecule has 3 aromatic heterocycles. The van der Waals surface area contributed by atoms with E-state index >= 15 is 0 Å². The molecule has 1 fully saturated rings. The largest absolute Gasteiger partial charge is 0.395 e. The molecule has 2 N–H and O–H groups in total. The van der Waals surface area contributed by atoms with Crippen molar-refractivity contribution >= 4 is 33.8 Å². The summed E-state index contributed by atoms with van der Waals surface area (Å²) < 4.78 is 15.2. The van der Waals surface area contributed by atoms with E-state index < -0.39 is 0 Å². The number of aromatic nitrogens is 4. The van der Waals surface area contributed by atoms with Crippen LogP contribution in [0.3, 0.4) is 0 Å². The Bertz CT molecular complexity index is 1390. The normalized spacial score (nSPS) is 16.0. The van der Waals surface area contributed by atoms with Crippen molar-refractivity contribution in [2.45, 2.75) is 19.4 Å². The summed E-state index contributed by atoms with van der Waals surface area (Å²) in [7, 11) is 1.89. The third-order valence-electron chi connectivity index (χ3n) is 6.08. The molecule has 0 saturated carbocycles. The highest BCUT2D eigenvalue weighted by Gasteiger charge is 2.24. The highest BCUT2D eigenvalue weighted by molar-refractivity contribution is 7.16. The molecule has 1 aromatic carbocycles. The molecular formula is C24H25FN8OS. The number of thiazole rings is 1. The number of hydrogen-bond donors (Lipinski definition) is 2. The van der Waals surface area contributed by atoms with Gasteiger partial charge in [0.05, 0.1) is 12.3 Å². The minimum absolute atomic E-state index is 0.00184. The van der Waals surface area contributed by atoms with Crippen molar-refractivity contribution < 1.29 is 9.50 Å². The van der Waals surface area contributed by atoms with Crippen LogP contribution in [0.15, 0.2) is 36.4 Å². The summed E-state index contributed by atoms with van der Waals surface area (Å²) in [5, 5.41) is 28.1. The van der Waals surface area contributed by atoms with Crippen molar-refractivity contribution in [3.63, 3.8) is 0 Å². The molecule has 1 aliphatic heterocycles. The van der Waals surface area contributed by atoms with Crippen molar-refractivity contribution in [3.05, 3.63) is 52.8 Å². The number of nitriles is 1. The lowest BCUT2D eigenvalue weighted by molar-refractivity contribution is 0.235. The van der Waals surface area contributed by atoms with Crippen LogP contribution in [0.5, 0.6) is 0 Å². The van der Waals surface area contributed by atoms with Crippen LogP contribution < -0.4 is 15.1 Å². The molecular weight excluding hydrogens is 467 g/mol. The molecule has 1 saturated heterocycles. The third kappa shape index (κ3) is 4.32. The number of aliphatic hydroxyl groups excluding tert-OH is 1. The second-order valence-corrected chi connectivity index (χ2v) is 9.31. The summed E-state index contributed by atoms with van der Waals surface area (Å²) >= 11 is 1.27. The maximum Gasteiger partial charge on any atom is 0.192 e. The molecule has 0 spiro atoms. The van der Waals surface area contributed by atoms with Gasteiger partial charge in [0.1, 0.15) is 28.3 Å². The fourth-order valence-corrected chi connectivity index (χ4v) is 5.13. The Kier molecular flexibility index (Phi) is 6.34. The number of imidazole rings is 1. The van der Waals surface area contributed by atoms with Gasteiger partial charge in [-0.25, -0.2) is 14.4 Å². The lowest BCUT2D eigenvalue weighted by atomic mass is 10.1. The molecule has 0 aliphatic carbocycles. The van der Waals surface area contributed by atoms with Crippen molar-refractivity contribution in [1.82, 2.24) is 24.9 Å². The number of anilines is 3. The summed E-state index contributed by atoms with van der Waals surface area (Å²) in [5.41, 5.74) is 2.79. The molecule has 11 heteroatoms. The molecule has 0 bridgehead atoms. The summed E-state index contributed by atoms with van der Waals surface area (Å²) in [4.78, 5) is 14.0. The van der Waals surface area contributed by atoms with E-state index in [9.17, 15) is 14.8 Å². The minimum Gasteiger partial charge on any atom is -0.395 e. The van der Waals surface area contributed by atoms with Crippen molar-refractivity contribution in [1.29, 1.82) is 5.26 Å². The van der Waals surface area contributed by atoms with Crippen LogP contribution in [0.4, 0.5) is 21.2 Å². The van der Waals surface area contributed by atoms with Crippen molar-refractivity contribution in [2.24, 2.45) is 0 Å². The van der Waals surface area contributed by atoms with Gasteiger partial charge in [-0.2, -0.15) is 9.78 Å². The smallest absolute Gasteiger partial charge is 0.192 e. The Hall–Kier alpha value is -3.59. The van der Waals surface area contributed by atoms with Crippen LogP contribution >= 0.6 is 11.3 Å². The first-order valence-corrected chi connectivity index (χ1v) is 12.2. The Morgan fingerprint density at radius 2 is 2.06 bits per heavy atom. The van der Waals surface area contributed by atoms with Crippen LogP contribution in [0, 0.1) is 17.1 Å². The van der Waals surface area contributed by atoms with Gasteiger partial charge in [-0.15, -0.1) is 5.10 Å². The zero-order valence-corrected chi connectivity index (χ0v) is 20.3. The Morgan fingerprint density at radius 3 is 2.77 bits per heavy atom. The number of benzene rings is 1. The number of nitrogens with one attached hydrogen (secondary N) is 1. The summed E-state index contributed by atoms with van der Waals surface area (Å²) in [6.45, 7) is 4.32. The quantitative estimate of drug-likeness (QED) is 0.423. The van der Waals surface area contributed by atoms with E-state index in [4.69, 9.17) is 15.1 Å². The lowest BCUT2D eigenvalue weighted by Crippen LogP contribution is -2.52. The highest BCUT2D eigenvalue weighted by Crippen LogP contribution is 2.36. The number of fused-ring (bicyclic) bond motifs is 1. The van der Waals surface area contributed by atoms with Crippen molar-refractivity contribution in [3.8, 4) is 17.3 Å². The molecule has 5 rings (SSSR count).